The van der Waals surface area contributed by atoms with Crippen LogP contribution < -0.4 is 4.74 Å². The first-order valence-corrected chi connectivity index (χ1v) is 4.01. The molecule has 0 saturated carbocycles. The Kier molecular flexibility index (Phi) is 2.82. The molecule has 0 amide bonds. The Hall–Kier alpha value is -0.180. The normalized spacial score (nSPS) is 9.73. The van der Waals surface area contributed by atoms with E-state index in [9.17, 15) is 0 Å². The van der Waals surface area contributed by atoms with Gasteiger partial charge in [0.15, 0.2) is 0 Å². The van der Waals surface area contributed by atoms with Crippen LogP contribution in [0.5, 0.6) is 5.75 Å². The maximum Gasteiger partial charge on any atom is 0.121 e. The maximum atomic E-state index is 5.73. The van der Waals surface area contributed by atoms with E-state index in [2.05, 4.69) is 0 Å². The molecule has 1 nitrogen and oxygen atoms in total. The van der Waals surface area contributed by atoms with Crippen LogP contribution in [0.15, 0.2) is 17.0 Å². The smallest absolute Gasteiger partial charge is 0.121 e. The highest BCUT2D eigenvalue weighted by atomic mass is 35.5. The van der Waals surface area contributed by atoms with Crippen LogP contribution in [0.4, 0.5) is 0 Å². The van der Waals surface area contributed by atoms with Crippen LogP contribution in [-0.2, 0) is 0 Å². The molecule has 1 rings (SSSR count). The van der Waals surface area contributed by atoms with E-state index in [1.165, 1.54) is 0 Å². The van der Waals surface area contributed by atoms with Crippen molar-refractivity contribution in [3.8, 4) is 5.75 Å². The van der Waals surface area contributed by atoms with Crippen molar-refractivity contribution in [1.82, 2.24) is 0 Å². The van der Waals surface area contributed by atoms with Gasteiger partial charge >= 0.3 is 0 Å². The predicted molar refractivity (Wildman–Crippen MR) is 48.9 cm³/mol. The SMILES string of the molecule is COc1cc(Cl)c([S])c(Cl)c1. The minimum Gasteiger partial charge on any atom is -0.497 e. The summed E-state index contributed by atoms with van der Waals surface area (Å²) in [6.07, 6.45) is 0. The fourth-order valence-electron chi connectivity index (χ4n) is 0.654. The lowest BCUT2D eigenvalue weighted by Crippen LogP contribution is -1.83. The molecule has 0 N–H and O–H groups in total. The standard InChI is InChI=1S/C7H5Cl2OS/c1-10-4-2-5(8)7(11)6(9)3-4/h2-3H,1H3. The summed E-state index contributed by atoms with van der Waals surface area (Å²) in [7, 11) is 1.55. The van der Waals surface area contributed by atoms with E-state index in [0.29, 0.717) is 20.7 Å². The second kappa shape index (κ2) is 3.48. The largest absolute Gasteiger partial charge is 0.497 e. The molecule has 1 radical (unpaired) electrons. The molecule has 0 unspecified atom stereocenters. The van der Waals surface area contributed by atoms with E-state index in [1.54, 1.807) is 19.2 Å². The van der Waals surface area contributed by atoms with E-state index in [1.807, 2.05) is 0 Å². The van der Waals surface area contributed by atoms with Crippen LogP contribution in [0, 0.1) is 0 Å². The second-order valence-electron chi connectivity index (χ2n) is 1.92. The van der Waals surface area contributed by atoms with Gasteiger partial charge in [-0.05, 0) is 0 Å². The molecule has 11 heavy (non-hydrogen) atoms. The minimum atomic E-state index is 0.448. The van der Waals surface area contributed by atoms with Gasteiger partial charge in [0, 0.05) is 12.1 Å². The number of ether oxygens (including phenoxy) is 1. The molecule has 0 aliphatic heterocycles. The third-order valence-corrected chi connectivity index (χ3v) is 2.47. The summed E-state index contributed by atoms with van der Waals surface area (Å²) in [5.74, 6) is 0.619. The van der Waals surface area contributed by atoms with Gasteiger partial charge in [0.1, 0.15) is 5.75 Å². The maximum absolute atomic E-state index is 5.73. The fraction of sp³-hybridized carbons (Fsp3) is 0.143. The molecular formula is C7H5Cl2OS. The lowest BCUT2D eigenvalue weighted by Gasteiger charge is -2.02. The van der Waals surface area contributed by atoms with Crippen molar-refractivity contribution in [1.29, 1.82) is 0 Å². The highest BCUT2D eigenvalue weighted by Gasteiger charge is 2.04. The van der Waals surface area contributed by atoms with Crippen LogP contribution >= 0.6 is 35.8 Å². The minimum absolute atomic E-state index is 0.448. The molecule has 0 heterocycles. The predicted octanol–water partition coefficient (Wildman–Crippen LogP) is 3.56. The Morgan fingerprint density at radius 2 is 1.73 bits per heavy atom. The number of benzene rings is 1. The molecule has 0 fully saturated rings. The molecule has 1 aromatic carbocycles. The van der Waals surface area contributed by atoms with Gasteiger partial charge in [-0.3, -0.25) is 0 Å². The van der Waals surface area contributed by atoms with Crippen molar-refractivity contribution in [2.75, 3.05) is 7.11 Å². The molecule has 0 aliphatic rings. The molecule has 0 saturated heterocycles. The van der Waals surface area contributed by atoms with E-state index in [-0.39, 0.29) is 0 Å². The molecule has 0 atom stereocenters. The number of hydrogen-bond donors (Lipinski definition) is 0. The number of hydrogen-bond acceptors (Lipinski definition) is 1. The number of methoxy groups -OCH3 is 1. The third kappa shape index (κ3) is 1.89. The average Bonchev–Trinajstić information content (AvgIpc) is 1.99. The summed E-state index contributed by atoms with van der Waals surface area (Å²) in [6, 6.07) is 3.27. The fourth-order valence-corrected chi connectivity index (χ4v) is 1.24. The Bertz CT molecular complexity index is 252. The van der Waals surface area contributed by atoms with Crippen LogP contribution in [-0.4, -0.2) is 7.11 Å². The van der Waals surface area contributed by atoms with Crippen molar-refractivity contribution in [2.45, 2.75) is 4.90 Å². The molecular weight excluding hydrogens is 203 g/mol. The van der Waals surface area contributed by atoms with E-state index in [0.717, 1.165) is 0 Å². The summed E-state index contributed by atoms with van der Waals surface area (Å²) in [4.78, 5) is 0.467. The van der Waals surface area contributed by atoms with Crippen molar-refractivity contribution >= 4 is 35.8 Å². The Morgan fingerprint density at radius 1 is 1.27 bits per heavy atom. The Balaban J connectivity index is 3.21. The molecule has 0 bridgehead atoms. The zero-order valence-corrected chi connectivity index (χ0v) is 8.06. The van der Waals surface area contributed by atoms with Gasteiger partial charge in [-0.1, -0.05) is 35.8 Å². The van der Waals surface area contributed by atoms with Crippen LogP contribution in [0.3, 0.4) is 0 Å². The number of halogens is 2. The van der Waals surface area contributed by atoms with Crippen molar-refractivity contribution in [3.05, 3.63) is 22.2 Å². The van der Waals surface area contributed by atoms with Gasteiger partial charge < -0.3 is 4.74 Å². The van der Waals surface area contributed by atoms with Crippen molar-refractivity contribution in [3.63, 3.8) is 0 Å². The van der Waals surface area contributed by atoms with E-state index >= 15 is 0 Å². The first-order valence-electron chi connectivity index (χ1n) is 2.85. The van der Waals surface area contributed by atoms with Gasteiger partial charge in [0.05, 0.1) is 22.1 Å². The molecule has 0 aromatic heterocycles. The zero-order chi connectivity index (χ0) is 8.43. The highest BCUT2D eigenvalue weighted by molar-refractivity contribution is 7.80. The van der Waals surface area contributed by atoms with Gasteiger partial charge in [-0.15, -0.1) is 0 Å². The lowest BCUT2D eigenvalue weighted by atomic mass is 10.3. The molecule has 4 heteroatoms. The van der Waals surface area contributed by atoms with Gasteiger partial charge in [0.2, 0.25) is 0 Å². The van der Waals surface area contributed by atoms with Crippen molar-refractivity contribution < 1.29 is 4.74 Å². The summed E-state index contributed by atoms with van der Waals surface area (Å²) in [5.41, 5.74) is 0. The zero-order valence-electron chi connectivity index (χ0n) is 5.73. The molecule has 1 aromatic rings. The second-order valence-corrected chi connectivity index (χ2v) is 3.14. The van der Waals surface area contributed by atoms with Crippen LogP contribution in [0.25, 0.3) is 0 Å². The quantitative estimate of drug-likeness (QED) is 0.685. The summed E-state index contributed by atoms with van der Waals surface area (Å²) < 4.78 is 4.92. The van der Waals surface area contributed by atoms with Crippen LogP contribution in [0.1, 0.15) is 0 Å². The monoisotopic (exact) mass is 207 g/mol. The van der Waals surface area contributed by atoms with Crippen LogP contribution in [0.2, 0.25) is 10.0 Å². The number of rotatable bonds is 1. The lowest BCUT2D eigenvalue weighted by molar-refractivity contribution is 0.414. The van der Waals surface area contributed by atoms with E-state index in [4.69, 9.17) is 40.6 Å². The Morgan fingerprint density at radius 3 is 2.09 bits per heavy atom. The van der Waals surface area contributed by atoms with Gasteiger partial charge in [0.25, 0.3) is 0 Å². The van der Waals surface area contributed by atoms with Gasteiger partial charge in [-0.2, -0.15) is 0 Å². The van der Waals surface area contributed by atoms with Crippen molar-refractivity contribution in [2.24, 2.45) is 0 Å². The Labute approximate surface area is 80.7 Å². The summed E-state index contributed by atoms with van der Waals surface area (Å²) in [6.45, 7) is 0. The van der Waals surface area contributed by atoms with E-state index < -0.39 is 0 Å². The topological polar surface area (TPSA) is 9.23 Å². The summed E-state index contributed by atoms with van der Waals surface area (Å²) in [5, 5.41) is 0.897. The molecule has 59 valence electrons. The first kappa shape index (κ1) is 8.91. The third-order valence-electron chi connectivity index (χ3n) is 1.21. The first-order chi connectivity index (χ1) is 5.15. The molecule has 0 aliphatic carbocycles. The summed E-state index contributed by atoms with van der Waals surface area (Å²) >= 11 is 16.3. The highest BCUT2D eigenvalue weighted by Crippen LogP contribution is 2.32. The molecule has 0 spiro atoms. The van der Waals surface area contributed by atoms with Gasteiger partial charge in [-0.25, -0.2) is 0 Å². The average molecular weight is 208 g/mol.